The second-order valence-electron chi connectivity index (χ2n) is 6.85. The third kappa shape index (κ3) is 4.36. The summed E-state index contributed by atoms with van der Waals surface area (Å²) in [4.78, 5) is 23.6. The quantitative estimate of drug-likeness (QED) is 0.569. The first-order valence-electron chi connectivity index (χ1n) is 8.89. The van der Waals surface area contributed by atoms with Gasteiger partial charge in [0.25, 0.3) is 11.6 Å². The maximum Gasteiger partial charge on any atom is 0.293 e. The van der Waals surface area contributed by atoms with Crippen molar-refractivity contribution >= 4 is 17.3 Å². The summed E-state index contributed by atoms with van der Waals surface area (Å²) in [6, 6.07) is 10.3. The number of carbonyl (C=O) groups is 1. The van der Waals surface area contributed by atoms with Gasteiger partial charge >= 0.3 is 0 Å². The van der Waals surface area contributed by atoms with Gasteiger partial charge in [0.05, 0.1) is 18.1 Å². The van der Waals surface area contributed by atoms with Gasteiger partial charge in [0.15, 0.2) is 0 Å². The second-order valence-corrected chi connectivity index (χ2v) is 6.85. The van der Waals surface area contributed by atoms with Gasteiger partial charge in [0, 0.05) is 23.2 Å². The van der Waals surface area contributed by atoms with Crippen molar-refractivity contribution in [2.45, 2.75) is 38.8 Å². The Morgan fingerprint density at radius 2 is 2.00 bits per heavy atom. The van der Waals surface area contributed by atoms with E-state index in [1.165, 1.54) is 6.07 Å². The zero-order valence-corrected chi connectivity index (χ0v) is 15.6. The Bertz CT molecular complexity index is 878. The van der Waals surface area contributed by atoms with Gasteiger partial charge in [-0.2, -0.15) is 0 Å². The number of methoxy groups -OCH3 is 1. The number of hydrogen-bond donors (Lipinski definition) is 2. The fraction of sp³-hybridized carbons (Fsp3) is 0.350. The summed E-state index contributed by atoms with van der Waals surface area (Å²) < 4.78 is 5.37. The molecule has 7 nitrogen and oxygen atoms in total. The van der Waals surface area contributed by atoms with Crippen molar-refractivity contribution in [2.24, 2.45) is 0 Å². The van der Waals surface area contributed by atoms with E-state index in [0.717, 1.165) is 24.0 Å². The van der Waals surface area contributed by atoms with E-state index in [1.807, 2.05) is 32.0 Å². The number of benzene rings is 2. The fourth-order valence-corrected chi connectivity index (χ4v) is 2.94. The predicted molar refractivity (Wildman–Crippen MR) is 103 cm³/mol. The molecule has 142 valence electrons. The van der Waals surface area contributed by atoms with Gasteiger partial charge in [-0.1, -0.05) is 17.7 Å². The van der Waals surface area contributed by atoms with Crippen LogP contribution in [-0.4, -0.2) is 24.0 Å². The van der Waals surface area contributed by atoms with Crippen molar-refractivity contribution in [2.75, 3.05) is 12.4 Å². The summed E-state index contributed by atoms with van der Waals surface area (Å²) in [6.45, 7) is 3.82. The molecule has 3 rings (SSSR count). The van der Waals surface area contributed by atoms with Crippen LogP contribution in [0.3, 0.4) is 0 Å². The van der Waals surface area contributed by atoms with Gasteiger partial charge in [-0.3, -0.25) is 14.9 Å². The number of anilines is 1. The monoisotopic (exact) mass is 369 g/mol. The molecule has 1 aliphatic rings. The topological polar surface area (TPSA) is 93.5 Å². The molecule has 0 spiro atoms. The van der Waals surface area contributed by atoms with E-state index < -0.39 is 4.92 Å². The second kappa shape index (κ2) is 7.65. The summed E-state index contributed by atoms with van der Waals surface area (Å²) in [5.41, 5.74) is 2.52. The van der Waals surface area contributed by atoms with Crippen LogP contribution in [0.2, 0.25) is 0 Å². The van der Waals surface area contributed by atoms with E-state index in [9.17, 15) is 14.9 Å². The zero-order chi connectivity index (χ0) is 19.6. The molecule has 27 heavy (non-hydrogen) atoms. The average Bonchev–Trinajstić information content (AvgIpc) is 3.45. The molecule has 0 saturated heterocycles. The molecule has 0 aromatic heterocycles. The van der Waals surface area contributed by atoms with E-state index in [1.54, 1.807) is 19.2 Å². The standard InChI is InChI=1S/C20H23N3O4/c1-12-4-9-19(27-3)16(10-12)13(2)21-20(24)14-5-8-17(22-15-6-7-15)18(11-14)23(25)26/h4-5,8-11,13,15,22H,6-7H2,1-3H3,(H,21,24)/t13-/m0/s1. The molecule has 1 saturated carbocycles. The number of nitro groups is 1. The molecule has 2 N–H and O–H groups in total. The first kappa shape index (κ1) is 18.7. The molecule has 1 fully saturated rings. The lowest BCUT2D eigenvalue weighted by Gasteiger charge is -2.18. The van der Waals surface area contributed by atoms with E-state index in [-0.39, 0.29) is 29.2 Å². The third-order valence-corrected chi connectivity index (χ3v) is 4.59. The van der Waals surface area contributed by atoms with Gasteiger partial charge < -0.3 is 15.4 Å². The van der Waals surface area contributed by atoms with Gasteiger partial charge in [-0.15, -0.1) is 0 Å². The lowest BCUT2D eigenvalue weighted by molar-refractivity contribution is -0.384. The SMILES string of the molecule is COc1ccc(C)cc1[C@H](C)NC(=O)c1ccc(NC2CC2)c([N+](=O)[O-])c1. The highest BCUT2D eigenvalue weighted by Gasteiger charge is 2.26. The van der Waals surface area contributed by atoms with Gasteiger partial charge in [0.2, 0.25) is 0 Å². The van der Waals surface area contributed by atoms with Crippen molar-refractivity contribution in [3.63, 3.8) is 0 Å². The number of nitrogens with one attached hydrogen (secondary N) is 2. The van der Waals surface area contributed by atoms with Crippen molar-refractivity contribution < 1.29 is 14.5 Å². The Labute approximate surface area is 157 Å². The number of hydrogen-bond acceptors (Lipinski definition) is 5. The number of rotatable bonds is 7. The minimum absolute atomic E-state index is 0.0876. The van der Waals surface area contributed by atoms with Gasteiger partial charge in [-0.25, -0.2) is 0 Å². The van der Waals surface area contributed by atoms with Crippen LogP contribution in [-0.2, 0) is 0 Å². The number of nitro benzene ring substituents is 1. The Hall–Kier alpha value is -3.09. The smallest absolute Gasteiger partial charge is 0.293 e. The van der Waals surface area contributed by atoms with Crippen LogP contribution >= 0.6 is 0 Å². The summed E-state index contributed by atoms with van der Waals surface area (Å²) >= 11 is 0. The molecule has 2 aromatic rings. The molecule has 1 atom stereocenters. The number of nitrogens with zero attached hydrogens (tertiary/aromatic N) is 1. The fourth-order valence-electron chi connectivity index (χ4n) is 2.94. The van der Waals surface area contributed by atoms with Crippen LogP contribution in [0.5, 0.6) is 5.75 Å². The Morgan fingerprint density at radius 3 is 2.63 bits per heavy atom. The van der Waals surface area contributed by atoms with E-state index in [0.29, 0.717) is 11.4 Å². The van der Waals surface area contributed by atoms with Crippen molar-refractivity contribution in [3.8, 4) is 5.75 Å². The lowest BCUT2D eigenvalue weighted by atomic mass is 10.0. The molecule has 0 bridgehead atoms. The third-order valence-electron chi connectivity index (χ3n) is 4.59. The van der Waals surface area contributed by atoms with E-state index in [2.05, 4.69) is 10.6 Å². The van der Waals surface area contributed by atoms with Crippen LogP contribution in [0.15, 0.2) is 36.4 Å². The predicted octanol–water partition coefficient (Wildman–Crippen LogP) is 3.98. The van der Waals surface area contributed by atoms with E-state index >= 15 is 0 Å². The van der Waals surface area contributed by atoms with Crippen LogP contribution in [0.25, 0.3) is 0 Å². The molecule has 0 heterocycles. The van der Waals surface area contributed by atoms with Crippen molar-refractivity contribution in [3.05, 3.63) is 63.2 Å². The Morgan fingerprint density at radius 1 is 1.26 bits per heavy atom. The first-order chi connectivity index (χ1) is 12.9. The molecular weight excluding hydrogens is 346 g/mol. The van der Waals surface area contributed by atoms with E-state index in [4.69, 9.17) is 4.74 Å². The van der Waals surface area contributed by atoms with Crippen LogP contribution in [0.1, 0.15) is 47.3 Å². The average molecular weight is 369 g/mol. The number of carbonyl (C=O) groups excluding carboxylic acids is 1. The molecule has 0 unspecified atom stereocenters. The highest BCUT2D eigenvalue weighted by Crippen LogP contribution is 2.32. The molecule has 0 radical (unpaired) electrons. The van der Waals surface area contributed by atoms with Crippen molar-refractivity contribution in [1.29, 1.82) is 0 Å². The van der Waals surface area contributed by atoms with Crippen molar-refractivity contribution in [1.82, 2.24) is 5.32 Å². The van der Waals surface area contributed by atoms with Crippen LogP contribution in [0, 0.1) is 17.0 Å². The lowest BCUT2D eigenvalue weighted by Crippen LogP contribution is -2.27. The highest BCUT2D eigenvalue weighted by molar-refractivity contribution is 5.96. The minimum Gasteiger partial charge on any atom is -0.496 e. The normalized spacial score (nSPS) is 14.3. The largest absolute Gasteiger partial charge is 0.496 e. The van der Waals surface area contributed by atoms with Gasteiger partial charge in [0.1, 0.15) is 11.4 Å². The summed E-state index contributed by atoms with van der Waals surface area (Å²) in [7, 11) is 1.58. The molecular formula is C20H23N3O4. The summed E-state index contributed by atoms with van der Waals surface area (Å²) in [5.74, 6) is 0.315. The van der Waals surface area contributed by atoms with Crippen LogP contribution in [0.4, 0.5) is 11.4 Å². The van der Waals surface area contributed by atoms with Gasteiger partial charge in [-0.05, 0) is 44.9 Å². The zero-order valence-electron chi connectivity index (χ0n) is 15.6. The van der Waals surface area contributed by atoms with Crippen LogP contribution < -0.4 is 15.4 Å². The Kier molecular flexibility index (Phi) is 5.30. The number of aryl methyl sites for hydroxylation is 1. The number of amides is 1. The maximum absolute atomic E-state index is 12.6. The maximum atomic E-state index is 12.6. The first-order valence-corrected chi connectivity index (χ1v) is 8.89. The molecule has 0 aliphatic heterocycles. The Balaban J connectivity index is 1.80. The minimum atomic E-state index is -0.464. The number of ether oxygens (including phenoxy) is 1. The molecule has 1 aliphatic carbocycles. The summed E-state index contributed by atoms with van der Waals surface area (Å²) in [6.07, 6.45) is 2.02. The molecule has 1 amide bonds. The molecule has 2 aromatic carbocycles. The highest BCUT2D eigenvalue weighted by atomic mass is 16.6. The summed E-state index contributed by atoms with van der Waals surface area (Å²) in [5, 5.41) is 17.4. The molecule has 7 heteroatoms.